The van der Waals surface area contributed by atoms with Gasteiger partial charge in [-0.15, -0.1) is 5.11 Å². The zero-order valence-corrected chi connectivity index (χ0v) is 10.7. The van der Waals surface area contributed by atoms with Gasteiger partial charge in [0.15, 0.2) is 11.8 Å². The highest BCUT2D eigenvalue weighted by molar-refractivity contribution is 5.92. The normalized spacial score (nSPS) is 17.1. The minimum atomic E-state index is -0.792. The van der Waals surface area contributed by atoms with E-state index in [4.69, 9.17) is 8.94 Å². The third kappa shape index (κ3) is 2.94. The second-order valence-corrected chi connectivity index (χ2v) is 4.24. The maximum atomic E-state index is 11.8. The van der Waals surface area contributed by atoms with Crippen molar-refractivity contribution in [3.05, 3.63) is 42.3 Å². The van der Waals surface area contributed by atoms with E-state index in [1.165, 1.54) is 18.4 Å². The molecule has 0 saturated heterocycles. The van der Waals surface area contributed by atoms with E-state index in [-0.39, 0.29) is 12.5 Å². The van der Waals surface area contributed by atoms with Crippen LogP contribution in [0.1, 0.15) is 5.69 Å². The van der Waals surface area contributed by atoms with Crippen LogP contribution >= 0.6 is 0 Å². The molecule has 1 atom stereocenters. The molecule has 1 aliphatic heterocycles. The van der Waals surface area contributed by atoms with E-state index in [0.717, 1.165) is 0 Å². The van der Waals surface area contributed by atoms with Gasteiger partial charge < -0.3 is 14.3 Å². The Labute approximate surface area is 118 Å². The summed E-state index contributed by atoms with van der Waals surface area (Å²) < 4.78 is 10.3. The minimum Gasteiger partial charge on any atom is -0.461 e. The number of hydrogen-bond donors (Lipinski definition) is 1. The molecule has 2 aromatic rings. The summed E-state index contributed by atoms with van der Waals surface area (Å²) in [6.45, 7) is 0.177. The second-order valence-electron chi connectivity index (χ2n) is 4.24. The Morgan fingerprint density at radius 2 is 2.29 bits per heavy atom. The van der Waals surface area contributed by atoms with Crippen LogP contribution in [-0.2, 0) is 16.1 Å². The highest BCUT2D eigenvalue weighted by atomic mass is 16.5. The lowest BCUT2D eigenvalue weighted by Crippen LogP contribution is -2.32. The molecule has 0 radical (unpaired) electrons. The van der Waals surface area contributed by atoms with Crippen LogP contribution < -0.4 is 5.32 Å². The van der Waals surface area contributed by atoms with Crippen molar-refractivity contribution in [2.24, 2.45) is 10.2 Å². The average Bonchev–Trinajstić information content (AvgIpc) is 3.16. The Kier molecular flexibility index (Phi) is 3.42. The first kappa shape index (κ1) is 13.0. The molecule has 0 fully saturated rings. The van der Waals surface area contributed by atoms with E-state index < -0.39 is 11.9 Å². The molecule has 2 amide bonds. The van der Waals surface area contributed by atoms with Gasteiger partial charge in [-0.3, -0.25) is 9.59 Å². The standard InChI is InChI=1S/C13H10N4O4/c18-12-4-3-9(15-16-12)13(19)14-7-8-6-11(21-17-8)10-2-1-5-20-10/h1-6,9H,7H2,(H,14,19). The highest BCUT2D eigenvalue weighted by Gasteiger charge is 2.18. The molecule has 3 rings (SSSR count). The molecule has 8 heteroatoms. The SMILES string of the molecule is O=C1C=CC(C(=O)NCc2cc(-c3ccco3)on2)N=N1. The van der Waals surface area contributed by atoms with Crippen LogP contribution in [-0.4, -0.2) is 23.0 Å². The third-order valence-electron chi connectivity index (χ3n) is 2.74. The van der Waals surface area contributed by atoms with E-state index >= 15 is 0 Å². The summed E-state index contributed by atoms with van der Waals surface area (Å²) in [5.41, 5.74) is 0.544. The van der Waals surface area contributed by atoms with Crippen LogP contribution in [0, 0.1) is 0 Å². The van der Waals surface area contributed by atoms with Gasteiger partial charge in [0.1, 0.15) is 5.69 Å². The zero-order valence-electron chi connectivity index (χ0n) is 10.7. The van der Waals surface area contributed by atoms with Crippen molar-refractivity contribution >= 4 is 11.8 Å². The second kappa shape index (κ2) is 5.53. The maximum absolute atomic E-state index is 11.8. The summed E-state index contributed by atoms with van der Waals surface area (Å²) in [4.78, 5) is 22.6. The molecular formula is C13H10N4O4. The van der Waals surface area contributed by atoms with Gasteiger partial charge >= 0.3 is 0 Å². The van der Waals surface area contributed by atoms with Gasteiger partial charge in [-0.1, -0.05) is 5.16 Å². The van der Waals surface area contributed by atoms with Crippen LogP contribution in [0.5, 0.6) is 0 Å². The summed E-state index contributed by atoms with van der Waals surface area (Å²) >= 11 is 0. The third-order valence-corrected chi connectivity index (χ3v) is 2.74. The van der Waals surface area contributed by atoms with Crippen molar-refractivity contribution in [1.82, 2.24) is 10.5 Å². The van der Waals surface area contributed by atoms with Gasteiger partial charge in [0.05, 0.1) is 12.8 Å². The number of hydrogen-bond acceptors (Lipinski definition) is 6. The number of rotatable bonds is 4. The monoisotopic (exact) mass is 286 g/mol. The molecule has 2 aromatic heterocycles. The van der Waals surface area contributed by atoms with E-state index in [2.05, 4.69) is 20.7 Å². The van der Waals surface area contributed by atoms with E-state index in [9.17, 15) is 9.59 Å². The van der Waals surface area contributed by atoms with Crippen LogP contribution in [0.3, 0.4) is 0 Å². The van der Waals surface area contributed by atoms with Gasteiger partial charge in [-0.05, 0) is 18.2 Å². The molecule has 21 heavy (non-hydrogen) atoms. The molecule has 0 aromatic carbocycles. The smallest absolute Gasteiger partial charge is 0.287 e. The van der Waals surface area contributed by atoms with E-state index in [1.807, 2.05) is 0 Å². The molecule has 8 nitrogen and oxygen atoms in total. The van der Waals surface area contributed by atoms with Gasteiger partial charge in [0, 0.05) is 12.1 Å². The Balaban J connectivity index is 1.58. The number of carbonyl (C=O) groups is 2. The number of nitrogens with one attached hydrogen (secondary N) is 1. The van der Waals surface area contributed by atoms with Gasteiger partial charge in [-0.2, -0.15) is 5.11 Å². The van der Waals surface area contributed by atoms with Crippen molar-refractivity contribution in [1.29, 1.82) is 0 Å². The molecule has 1 unspecified atom stereocenters. The fourth-order valence-electron chi connectivity index (χ4n) is 1.72. The minimum absolute atomic E-state index is 0.177. The average molecular weight is 286 g/mol. The van der Waals surface area contributed by atoms with Crippen LogP contribution in [0.15, 0.2) is 55.8 Å². The van der Waals surface area contributed by atoms with Crippen molar-refractivity contribution in [2.75, 3.05) is 0 Å². The van der Waals surface area contributed by atoms with Crippen molar-refractivity contribution < 1.29 is 18.5 Å². The summed E-state index contributed by atoms with van der Waals surface area (Å²) in [7, 11) is 0. The van der Waals surface area contributed by atoms with Crippen LogP contribution in [0.25, 0.3) is 11.5 Å². The van der Waals surface area contributed by atoms with Gasteiger partial charge in [-0.25, -0.2) is 0 Å². The lowest BCUT2D eigenvalue weighted by Gasteiger charge is -2.08. The van der Waals surface area contributed by atoms with Crippen molar-refractivity contribution in [2.45, 2.75) is 12.6 Å². The number of azo groups is 1. The fraction of sp³-hybridized carbons (Fsp3) is 0.154. The Morgan fingerprint density at radius 3 is 3.00 bits per heavy atom. The number of nitrogens with zero attached hydrogens (tertiary/aromatic N) is 3. The molecule has 1 aliphatic rings. The number of amides is 2. The maximum Gasteiger partial charge on any atom is 0.287 e. The topological polar surface area (TPSA) is 110 Å². The van der Waals surface area contributed by atoms with Crippen LogP contribution in [0.4, 0.5) is 0 Å². The summed E-state index contributed by atoms with van der Waals surface area (Å²) in [5, 5.41) is 13.4. The number of aromatic nitrogens is 1. The molecule has 3 heterocycles. The fourth-order valence-corrected chi connectivity index (χ4v) is 1.72. The van der Waals surface area contributed by atoms with Gasteiger partial charge in [0.2, 0.25) is 5.76 Å². The summed E-state index contributed by atoms with van der Waals surface area (Å²) in [6.07, 6.45) is 4.13. The lowest BCUT2D eigenvalue weighted by molar-refractivity contribution is -0.121. The van der Waals surface area contributed by atoms with E-state index in [0.29, 0.717) is 17.2 Å². The Morgan fingerprint density at radius 1 is 1.38 bits per heavy atom. The first-order valence-electron chi connectivity index (χ1n) is 6.12. The quantitative estimate of drug-likeness (QED) is 0.914. The lowest BCUT2D eigenvalue weighted by atomic mass is 10.2. The summed E-state index contributed by atoms with van der Waals surface area (Å²) in [5.74, 6) is 0.193. The molecule has 0 aliphatic carbocycles. The first-order valence-corrected chi connectivity index (χ1v) is 6.12. The zero-order chi connectivity index (χ0) is 14.7. The number of carbonyl (C=O) groups excluding carboxylic acids is 2. The predicted molar refractivity (Wildman–Crippen MR) is 68.8 cm³/mol. The van der Waals surface area contributed by atoms with E-state index in [1.54, 1.807) is 18.2 Å². The van der Waals surface area contributed by atoms with Crippen molar-refractivity contribution in [3.8, 4) is 11.5 Å². The Bertz CT molecular complexity index is 698. The molecule has 1 N–H and O–H groups in total. The number of furan rings is 1. The van der Waals surface area contributed by atoms with Crippen LogP contribution in [0.2, 0.25) is 0 Å². The molecule has 0 saturated carbocycles. The molecule has 0 spiro atoms. The summed E-state index contributed by atoms with van der Waals surface area (Å²) in [6, 6.07) is 4.36. The molecular weight excluding hydrogens is 276 g/mol. The highest BCUT2D eigenvalue weighted by Crippen LogP contribution is 2.20. The molecule has 106 valence electrons. The van der Waals surface area contributed by atoms with Gasteiger partial charge in [0.25, 0.3) is 11.8 Å². The van der Waals surface area contributed by atoms with Crippen molar-refractivity contribution in [3.63, 3.8) is 0 Å². The first-order chi connectivity index (χ1) is 10.2. The Hall–Kier alpha value is -3.03. The molecule has 0 bridgehead atoms. The predicted octanol–water partition coefficient (Wildman–Crippen LogP) is 1.47. The largest absolute Gasteiger partial charge is 0.461 e.